The highest BCUT2D eigenvalue weighted by atomic mass is 35.5. The predicted molar refractivity (Wildman–Crippen MR) is 111 cm³/mol. The number of hydrogen-bond acceptors (Lipinski definition) is 4. The highest BCUT2D eigenvalue weighted by Crippen LogP contribution is 2.27. The van der Waals surface area contributed by atoms with Crippen LogP contribution >= 0.6 is 23.2 Å². The van der Waals surface area contributed by atoms with Crippen molar-refractivity contribution in [3.05, 3.63) is 82.8 Å². The van der Waals surface area contributed by atoms with E-state index in [1.54, 1.807) is 30.3 Å². The number of para-hydroxylation sites is 1. The van der Waals surface area contributed by atoms with E-state index >= 15 is 0 Å². The van der Waals surface area contributed by atoms with Gasteiger partial charge in [-0.05, 0) is 54.6 Å². The summed E-state index contributed by atoms with van der Waals surface area (Å²) in [6.45, 7) is 0. The van der Waals surface area contributed by atoms with Crippen LogP contribution in [0.1, 0.15) is 0 Å². The third-order valence-corrected chi connectivity index (χ3v) is 7.12. The quantitative estimate of drug-likeness (QED) is 0.566. The van der Waals surface area contributed by atoms with Gasteiger partial charge in [-0.2, -0.15) is 0 Å². The molecule has 0 fully saturated rings. The van der Waals surface area contributed by atoms with Crippen molar-refractivity contribution in [3.63, 3.8) is 0 Å². The van der Waals surface area contributed by atoms with Gasteiger partial charge in [0.2, 0.25) is 0 Å². The highest BCUT2D eigenvalue weighted by molar-refractivity contribution is 7.93. The fraction of sp³-hybridized carbons (Fsp3) is 0. The zero-order chi connectivity index (χ0) is 20.4. The topological polar surface area (TPSA) is 92.3 Å². The van der Waals surface area contributed by atoms with Crippen molar-refractivity contribution >= 4 is 54.6 Å². The fourth-order valence-electron chi connectivity index (χ4n) is 2.33. The first-order valence-corrected chi connectivity index (χ1v) is 11.6. The Morgan fingerprint density at radius 1 is 0.643 bits per heavy atom. The van der Waals surface area contributed by atoms with Crippen LogP contribution in [0.3, 0.4) is 0 Å². The van der Waals surface area contributed by atoms with Gasteiger partial charge in [-0.15, -0.1) is 0 Å². The first-order valence-electron chi connectivity index (χ1n) is 7.83. The Balaban J connectivity index is 1.81. The molecule has 0 spiro atoms. The molecule has 0 aliphatic carbocycles. The molecule has 146 valence electrons. The van der Waals surface area contributed by atoms with Gasteiger partial charge in [-0.1, -0.05) is 41.4 Å². The molecule has 28 heavy (non-hydrogen) atoms. The summed E-state index contributed by atoms with van der Waals surface area (Å²) < 4.78 is 54.6. The summed E-state index contributed by atoms with van der Waals surface area (Å²) in [5.41, 5.74) is 0.606. The van der Waals surface area contributed by atoms with E-state index in [1.165, 1.54) is 42.5 Å². The van der Waals surface area contributed by atoms with E-state index in [0.717, 1.165) is 0 Å². The highest BCUT2D eigenvalue weighted by Gasteiger charge is 2.19. The van der Waals surface area contributed by atoms with Gasteiger partial charge in [0, 0.05) is 16.4 Å². The van der Waals surface area contributed by atoms with Gasteiger partial charge in [0.1, 0.15) is 4.90 Å². The Bertz CT molecular complexity index is 1200. The second kappa shape index (κ2) is 8.00. The van der Waals surface area contributed by atoms with Crippen molar-refractivity contribution in [1.29, 1.82) is 0 Å². The molecular weight excluding hydrogens is 443 g/mol. The summed E-state index contributed by atoms with van der Waals surface area (Å²) in [4.78, 5) is -0.148. The molecule has 0 aliphatic heterocycles. The van der Waals surface area contributed by atoms with Crippen molar-refractivity contribution < 1.29 is 16.8 Å². The van der Waals surface area contributed by atoms with Crippen molar-refractivity contribution in [2.24, 2.45) is 0 Å². The Labute approximate surface area is 173 Å². The lowest BCUT2D eigenvalue weighted by atomic mass is 10.3. The molecule has 0 bridgehead atoms. The van der Waals surface area contributed by atoms with E-state index in [4.69, 9.17) is 23.2 Å². The number of nitrogens with one attached hydrogen (secondary N) is 2. The molecule has 0 saturated carbocycles. The monoisotopic (exact) mass is 456 g/mol. The Hall–Kier alpha value is -2.26. The van der Waals surface area contributed by atoms with E-state index in [9.17, 15) is 16.8 Å². The van der Waals surface area contributed by atoms with E-state index in [-0.39, 0.29) is 20.5 Å². The average molecular weight is 457 g/mol. The Morgan fingerprint density at radius 2 is 1.21 bits per heavy atom. The van der Waals surface area contributed by atoms with Crippen molar-refractivity contribution in [2.45, 2.75) is 9.79 Å². The average Bonchev–Trinajstić information content (AvgIpc) is 2.62. The minimum Gasteiger partial charge on any atom is -0.280 e. The molecule has 3 aromatic rings. The number of benzene rings is 3. The molecule has 0 aromatic heterocycles. The maximum absolute atomic E-state index is 12.5. The molecule has 2 N–H and O–H groups in total. The molecular formula is C18H14Cl2N2O4S2. The standard InChI is InChI=1S/C18H14Cl2N2O4S2/c19-13-6-11-18(17(20)12-13)28(25,26)22-15-7-9-16(10-8-15)27(23,24)21-14-4-2-1-3-5-14/h1-12,21-22H. The van der Waals surface area contributed by atoms with E-state index in [2.05, 4.69) is 9.44 Å². The normalized spacial score (nSPS) is 11.8. The zero-order valence-corrected chi connectivity index (χ0v) is 17.3. The molecule has 0 amide bonds. The van der Waals surface area contributed by atoms with Crippen LogP contribution in [-0.4, -0.2) is 16.8 Å². The largest absolute Gasteiger partial charge is 0.280 e. The van der Waals surface area contributed by atoms with Crippen LogP contribution in [0.2, 0.25) is 10.0 Å². The lowest BCUT2D eigenvalue weighted by Gasteiger charge is -2.11. The summed E-state index contributed by atoms with van der Waals surface area (Å²) in [7, 11) is -7.76. The molecule has 0 heterocycles. The summed E-state index contributed by atoms with van der Waals surface area (Å²) in [5, 5.41) is 0.288. The van der Waals surface area contributed by atoms with Crippen LogP contribution < -0.4 is 9.44 Å². The van der Waals surface area contributed by atoms with Crippen LogP contribution in [0, 0.1) is 0 Å². The number of halogens is 2. The molecule has 0 saturated heterocycles. The van der Waals surface area contributed by atoms with Crippen LogP contribution in [-0.2, 0) is 20.0 Å². The predicted octanol–water partition coefficient (Wildman–Crippen LogP) is 4.60. The Morgan fingerprint density at radius 3 is 1.82 bits per heavy atom. The second-order valence-corrected chi connectivity index (χ2v) is 9.85. The van der Waals surface area contributed by atoms with Crippen molar-refractivity contribution in [3.8, 4) is 0 Å². The first kappa shape index (κ1) is 20.5. The number of sulfonamides is 2. The summed E-state index contributed by atoms with van der Waals surface area (Å²) in [6, 6.07) is 17.7. The molecule has 0 aliphatic rings. The minimum atomic E-state index is -3.96. The third-order valence-electron chi connectivity index (χ3n) is 3.63. The van der Waals surface area contributed by atoms with E-state index in [0.29, 0.717) is 10.7 Å². The van der Waals surface area contributed by atoms with Gasteiger partial charge >= 0.3 is 0 Å². The second-order valence-electron chi connectivity index (χ2n) is 5.68. The number of hydrogen-bond donors (Lipinski definition) is 2. The van der Waals surface area contributed by atoms with Gasteiger partial charge in [-0.3, -0.25) is 9.44 Å². The van der Waals surface area contributed by atoms with Crippen LogP contribution in [0.25, 0.3) is 0 Å². The molecule has 3 aromatic carbocycles. The molecule has 0 atom stereocenters. The van der Waals surface area contributed by atoms with Crippen molar-refractivity contribution in [2.75, 3.05) is 9.44 Å². The first-order chi connectivity index (χ1) is 13.2. The van der Waals surface area contributed by atoms with Gasteiger partial charge < -0.3 is 0 Å². The van der Waals surface area contributed by atoms with Gasteiger partial charge in [0.25, 0.3) is 20.0 Å². The lowest BCUT2D eigenvalue weighted by Crippen LogP contribution is -2.15. The van der Waals surface area contributed by atoms with E-state index in [1.807, 2.05) is 0 Å². The van der Waals surface area contributed by atoms with E-state index < -0.39 is 20.0 Å². The maximum atomic E-state index is 12.5. The summed E-state index contributed by atoms with van der Waals surface area (Å²) >= 11 is 11.7. The molecule has 0 radical (unpaired) electrons. The number of anilines is 2. The van der Waals surface area contributed by atoms with Crippen LogP contribution in [0.4, 0.5) is 11.4 Å². The molecule has 6 nitrogen and oxygen atoms in total. The minimum absolute atomic E-state index is 0.0103. The third kappa shape index (κ3) is 4.77. The Kier molecular flexibility index (Phi) is 5.85. The number of rotatable bonds is 6. The van der Waals surface area contributed by atoms with Crippen LogP contribution in [0.15, 0.2) is 82.6 Å². The molecule has 3 rings (SSSR count). The maximum Gasteiger partial charge on any atom is 0.263 e. The zero-order valence-electron chi connectivity index (χ0n) is 14.1. The summed E-state index contributed by atoms with van der Waals surface area (Å²) in [6.07, 6.45) is 0. The SMILES string of the molecule is O=S(=O)(Nc1ccccc1)c1ccc(NS(=O)(=O)c2ccc(Cl)cc2Cl)cc1. The van der Waals surface area contributed by atoms with Gasteiger partial charge in [0.05, 0.1) is 9.92 Å². The van der Waals surface area contributed by atoms with Crippen molar-refractivity contribution in [1.82, 2.24) is 0 Å². The van der Waals surface area contributed by atoms with Crippen LogP contribution in [0.5, 0.6) is 0 Å². The summed E-state index contributed by atoms with van der Waals surface area (Å²) in [5.74, 6) is 0. The lowest BCUT2D eigenvalue weighted by molar-refractivity contribution is 0.600. The van der Waals surface area contributed by atoms with Gasteiger partial charge in [-0.25, -0.2) is 16.8 Å². The fourth-order valence-corrected chi connectivity index (χ4v) is 5.22. The molecule has 10 heteroatoms. The smallest absolute Gasteiger partial charge is 0.263 e. The van der Waals surface area contributed by atoms with Gasteiger partial charge in [0.15, 0.2) is 0 Å². The molecule has 0 unspecified atom stereocenters.